The Hall–Kier alpha value is -1.31. The van der Waals surface area contributed by atoms with Gasteiger partial charge in [0.2, 0.25) is 5.91 Å². The van der Waals surface area contributed by atoms with Crippen molar-refractivity contribution in [1.29, 1.82) is 0 Å². The molecule has 2 aliphatic carbocycles. The van der Waals surface area contributed by atoms with E-state index in [1.54, 1.807) is 7.05 Å². The zero-order valence-electron chi connectivity index (χ0n) is 22.0. The summed E-state index contributed by atoms with van der Waals surface area (Å²) < 4.78 is 0. The molecule has 0 radical (unpaired) electrons. The number of carbonyl (C=O) groups excluding carboxylic acids is 1. The molecular weight excluding hydrogens is 366 g/mol. The van der Waals surface area contributed by atoms with Crippen LogP contribution < -0.4 is 5.32 Å². The number of hydrogen-bond donors (Lipinski definition) is 1. The van der Waals surface area contributed by atoms with Crippen LogP contribution in [-0.2, 0) is 4.79 Å². The quantitative estimate of drug-likeness (QED) is 0.445. The summed E-state index contributed by atoms with van der Waals surface area (Å²) in [6.45, 7) is 16.3. The maximum Gasteiger partial charge on any atom is 0.216 e. The van der Waals surface area contributed by atoms with Crippen molar-refractivity contribution in [2.75, 3.05) is 7.05 Å². The minimum absolute atomic E-state index is 0.00463. The monoisotopic (exact) mass is 421 g/mol. The Balaban J connectivity index is -0.000000309. The number of aryl methyl sites for hydroxylation is 1. The molecule has 0 unspecified atom stereocenters. The zero-order valence-corrected chi connectivity index (χ0v) is 22.0. The fourth-order valence-electron chi connectivity index (χ4n) is 3.15. The zero-order chi connectivity index (χ0) is 23.6. The van der Waals surface area contributed by atoms with E-state index in [2.05, 4.69) is 38.2 Å². The molecule has 2 fully saturated rings. The van der Waals surface area contributed by atoms with Crippen molar-refractivity contribution in [3.8, 4) is 0 Å². The third-order valence-electron chi connectivity index (χ3n) is 5.08. The van der Waals surface area contributed by atoms with Gasteiger partial charge in [-0.15, -0.1) is 0 Å². The Morgan fingerprint density at radius 1 is 0.733 bits per heavy atom. The van der Waals surface area contributed by atoms with Crippen molar-refractivity contribution in [1.82, 2.24) is 5.32 Å². The van der Waals surface area contributed by atoms with Crippen LogP contribution in [0.15, 0.2) is 30.3 Å². The molecule has 0 saturated heterocycles. The molecule has 1 aromatic carbocycles. The second kappa shape index (κ2) is 27.7. The van der Waals surface area contributed by atoms with Crippen LogP contribution in [0.3, 0.4) is 0 Å². The Labute approximate surface area is 190 Å². The predicted molar refractivity (Wildman–Crippen MR) is 138 cm³/mol. The van der Waals surface area contributed by atoms with E-state index in [9.17, 15) is 4.79 Å². The van der Waals surface area contributed by atoms with Crippen LogP contribution in [0.2, 0.25) is 0 Å². The second-order valence-electron chi connectivity index (χ2n) is 7.95. The number of benzene rings is 1. The van der Waals surface area contributed by atoms with Gasteiger partial charge in [0, 0.05) is 14.0 Å². The minimum Gasteiger partial charge on any atom is -0.359 e. The summed E-state index contributed by atoms with van der Waals surface area (Å²) in [5.74, 6) is 2.08. The first-order chi connectivity index (χ1) is 14.5. The summed E-state index contributed by atoms with van der Waals surface area (Å²) in [5, 5.41) is 2.39. The van der Waals surface area contributed by atoms with Crippen molar-refractivity contribution in [3.05, 3.63) is 35.9 Å². The lowest BCUT2D eigenvalue weighted by atomic mass is 9.91. The maximum absolute atomic E-state index is 9.70. The van der Waals surface area contributed by atoms with Gasteiger partial charge < -0.3 is 5.32 Å². The van der Waals surface area contributed by atoms with Crippen LogP contribution >= 0.6 is 0 Å². The largest absolute Gasteiger partial charge is 0.359 e. The molecule has 2 nitrogen and oxygen atoms in total. The average Bonchev–Trinajstić information content (AvgIpc) is 2.79. The van der Waals surface area contributed by atoms with Gasteiger partial charge in [-0.05, 0) is 18.8 Å². The summed E-state index contributed by atoms with van der Waals surface area (Å²) in [6.07, 6.45) is 14.9. The van der Waals surface area contributed by atoms with E-state index in [1.165, 1.54) is 76.7 Å². The molecule has 0 spiro atoms. The molecular formula is C28H55NO. The lowest BCUT2D eigenvalue weighted by Gasteiger charge is -2.15. The van der Waals surface area contributed by atoms with Crippen LogP contribution in [-0.4, -0.2) is 13.0 Å². The third-order valence-corrected chi connectivity index (χ3v) is 5.08. The molecule has 0 aromatic heterocycles. The van der Waals surface area contributed by atoms with Crippen LogP contribution in [0.5, 0.6) is 0 Å². The number of carbonyl (C=O) groups is 1. The number of rotatable bonds is 0. The fourth-order valence-corrected chi connectivity index (χ4v) is 3.15. The standard InChI is InChI=1S/2C7H14.C7H8.C3H7NO.2C2H6/c3*1-7-5-3-2-4-6-7;1-3(5)4-2;2*1-2/h2*7H,2-6H2,1H3;2-6H,1H3;1-2H3,(H,4,5);2*1-2H3. The summed E-state index contributed by atoms with van der Waals surface area (Å²) in [4.78, 5) is 9.70. The molecule has 1 amide bonds. The van der Waals surface area contributed by atoms with E-state index in [0.717, 1.165) is 11.8 Å². The van der Waals surface area contributed by atoms with Crippen LogP contribution in [0, 0.1) is 18.8 Å². The molecule has 3 rings (SSSR count). The van der Waals surface area contributed by atoms with Crippen LogP contribution in [0.4, 0.5) is 0 Å². The molecule has 2 saturated carbocycles. The second-order valence-corrected chi connectivity index (χ2v) is 7.95. The highest BCUT2D eigenvalue weighted by atomic mass is 16.1. The topological polar surface area (TPSA) is 29.1 Å². The highest BCUT2D eigenvalue weighted by molar-refractivity contribution is 5.72. The third kappa shape index (κ3) is 28.9. The predicted octanol–water partition coefficient (Wildman–Crippen LogP) is 8.97. The van der Waals surface area contributed by atoms with Gasteiger partial charge in [-0.1, -0.05) is 142 Å². The smallest absolute Gasteiger partial charge is 0.216 e. The molecule has 1 aromatic rings. The molecule has 178 valence electrons. The lowest BCUT2D eigenvalue weighted by Crippen LogP contribution is -2.11. The van der Waals surface area contributed by atoms with Crippen molar-refractivity contribution >= 4 is 5.91 Å². The van der Waals surface area contributed by atoms with Crippen LogP contribution in [0.25, 0.3) is 0 Å². The number of hydrogen-bond acceptors (Lipinski definition) is 1. The van der Waals surface area contributed by atoms with Gasteiger partial charge in [0.15, 0.2) is 0 Å². The van der Waals surface area contributed by atoms with Crippen LogP contribution in [0.1, 0.15) is 118 Å². The van der Waals surface area contributed by atoms with Crippen molar-refractivity contribution < 1.29 is 4.79 Å². The Bertz CT molecular complexity index is 402. The summed E-state index contributed by atoms with van der Waals surface area (Å²) in [5.41, 5.74) is 1.32. The summed E-state index contributed by atoms with van der Waals surface area (Å²) in [6, 6.07) is 10.3. The van der Waals surface area contributed by atoms with E-state index < -0.39 is 0 Å². The molecule has 0 atom stereocenters. The molecule has 2 aliphatic rings. The van der Waals surface area contributed by atoms with Gasteiger partial charge in [-0.2, -0.15) is 0 Å². The maximum atomic E-state index is 9.70. The molecule has 30 heavy (non-hydrogen) atoms. The highest BCUT2D eigenvalue weighted by Crippen LogP contribution is 2.22. The normalized spacial score (nSPS) is 15.4. The Kier molecular flexibility index (Phi) is 30.8. The van der Waals surface area contributed by atoms with E-state index in [-0.39, 0.29) is 5.91 Å². The fraction of sp³-hybridized carbons (Fsp3) is 0.750. The van der Waals surface area contributed by atoms with Gasteiger partial charge in [-0.3, -0.25) is 4.79 Å². The lowest BCUT2D eigenvalue weighted by molar-refractivity contribution is -0.118. The SMILES string of the molecule is CC.CC.CC1CCCCC1.CC1CCCCC1.CNC(C)=O.Cc1ccccc1. The van der Waals surface area contributed by atoms with E-state index in [1.807, 2.05) is 45.9 Å². The highest BCUT2D eigenvalue weighted by Gasteiger charge is 2.06. The van der Waals surface area contributed by atoms with Crippen molar-refractivity contribution in [2.24, 2.45) is 11.8 Å². The van der Waals surface area contributed by atoms with Crippen molar-refractivity contribution in [2.45, 2.75) is 120 Å². The average molecular weight is 422 g/mol. The van der Waals surface area contributed by atoms with E-state index in [4.69, 9.17) is 0 Å². The first-order valence-electron chi connectivity index (χ1n) is 12.7. The molecule has 1 N–H and O–H groups in total. The van der Waals surface area contributed by atoms with Gasteiger partial charge >= 0.3 is 0 Å². The Morgan fingerprint density at radius 2 is 1.03 bits per heavy atom. The molecule has 0 bridgehead atoms. The van der Waals surface area contributed by atoms with Gasteiger partial charge in [0.05, 0.1) is 0 Å². The van der Waals surface area contributed by atoms with Crippen molar-refractivity contribution in [3.63, 3.8) is 0 Å². The molecule has 0 heterocycles. The van der Waals surface area contributed by atoms with Gasteiger partial charge in [0.25, 0.3) is 0 Å². The first kappa shape index (κ1) is 33.3. The first-order valence-corrected chi connectivity index (χ1v) is 12.7. The number of amides is 1. The molecule has 0 aliphatic heterocycles. The minimum atomic E-state index is 0.00463. The summed E-state index contributed by atoms with van der Waals surface area (Å²) >= 11 is 0. The number of nitrogens with one attached hydrogen (secondary N) is 1. The molecule has 2 heteroatoms. The van der Waals surface area contributed by atoms with E-state index in [0.29, 0.717) is 0 Å². The summed E-state index contributed by atoms with van der Waals surface area (Å²) in [7, 11) is 1.60. The van der Waals surface area contributed by atoms with E-state index >= 15 is 0 Å². The van der Waals surface area contributed by atoms with Gasteiger partial charge in [0.1, 0.15) is 0 Å². The Morgan fingerprint density at radius 3 is 1.17 bits per heavy atom. The van der Waals surface area contributed by atoms with Gasteiger partial charge in [-0.25, -0.2) is 0 Å².